The van der Waals surface area contributed by atoms with E-state index >= 15 is 0 Å². The molecule has 0 radical (unpaired) electrons. The molecule has 0 unspecified atom stereocenters. The number of benzene rings is 1. The Morgan fingerprint density at radius 2 is 1.78 bits per heavy atom. The maximum atomic E-state index is 12.2. The highest BCUT2D eigenvalue weighted by Crippen LogP contribution is 2.12. The van der Waals surface area contributed by atoms with Crippen LogP contribution in [0.15, 0.2) is 54.9 Å². The molecule has 0 saturated carbocycles. The Morgan fingerprint density at radius 1 is 1.07 bits per heavy atom. The third-order valence-corrected chi connectivity index (χ3v) is 5.33. The van der Waals surface area contributed by atoms with Crippen molar-refractivity contribution in [1.29, 1.82) is 0 Å². The average Bonchev–Trinajstić information content (AvgIpc) is 3.15. The molecule has 0 atom stereocenters. The zero-order valence-corrected chi connectivity index (χ0v) is 16.3. The van der Waals surface area contributed by atoms with E-state index in [2.05, 4.69) is 20.0 Å². The van der Waals surface area contributed by atoms with E-state index in [0.717, 1.165) is 5.82 Å². The van der Waals surface area contributed by atoms with Crippen molar-refractivity contribution in [3.63, 3.8) is 0 Å². The third kappa shape index (κ3) is 5.78. The summed E-state index contributed by atoms with van der Waals surface area (Å²) in [6, 6.07) is 12.4. The summed E-state index contributed by atoms with van der Waals surface area (Å²) in [6.45, 7) is 2.46. The molecule has 3 aromatic rings. The third-order valence-electron chi connectivity index (χ3n) is 3.72. The second-order valence-electron chi connectivity index (χ2n) is 5.96. The highest BCUT2D eigenvalue weighted by molar-refractivity contribution is 7.88. The van der Waals surface area contributed by atoms with Gasteiger partial charge in [0.25, 0.3) is 0 Å². The molecule has 27 heavy (non-hydrogen) atoms. The second-order valence-corrected chi connectivity index (χ2v) is 8.20. The highest BCUT2D eigenvalue weighted by Gasteiger charge is 2.11. The van der Waals surface area contributed by atoms with Crippen molar-refractivity contribution in [2.45, 2.75) is 12.7 Å². The monoisotopic (exact) mass is 405 g/mol. The maximum Gasteiger partial charge on any atom is 0.215 e. The summed E-state index contributed by atoms with van der Waals surface area (Å²) in [4.78, 5) is 8.72. The molecule has 2 N–H and O–H groups in total. The van der Waals surface area contributed by atoms with Gasteiger partial charge in [-0.2, -0.15) is 0 Å². The smallest absolute Gasteiger partial charge is 0.215 e. The highest BCUT2D eigenvalue weighted by atomic mass is 35.5. The predicted molar refractivity (Wildman–Crippen MR) is 107 cm³/mol. The van der Waals surface area contributed by atoms with E-state index in [1.807, 2.05) is 42.1 Å². The molecular formula is C18H20ClN5O2S. The Morgan fingerprint density at radius 3 is 2.48 bits per heavy atom. The number of aromatic nitrogens is 3. The number of rotatable bonds is 8. The van der Waals surface area contributed by atoms with Crippen molar-refractivity contribution in [3.05, 3.63) is 71.3 Å². The maximum absolute atomic E-state index is 12.2. The van der Waals surface area contributed by atoms with Gasteiger partial charge in [0.05, 0.1) is 5.75 Å². The topological polar surface area (TPSA) is 88.9 Å². The van der Waals surface area contributed by atoms with Crippen LogP contribution in [0, 0.1) is 6.92 Å². The Balaban J connectivity index is 1.53. The summed E-state index contributed by atoms with van der Waals surface area (Å²) in [6.07, 6.45) is 3.80. The summed E-state index contributed by atoms with van der Waals surface area (Å²) >= 11 is 5.81. The minimum atomic E-state index is -3.42. The predicted octanol–water partition coefficient (Wildman–Crippen LogP) is 2.76. The van der Waals surface area contributed by atoms with Crippen molar-refractivity contribution < 1.29 is 8.42 Å². The quantitative estimate of drug-likeness (QED) is 0.562. The zero-order valence-electron chi connectivity index (χ0n) is 14.8. The molecule has 2 heterocycles. The van der Waals surface area contributed by atoms with Crippen LogP contribution in [-0.4, -0.2) is 36.0 Å². The standard InChI is InChI=1S/C18H20ClN5O2S/c1-14-22-17(12-18(23-14)24-10-2-3-11-24)20-8-9-21-27(25,26)13-15-4-6-16(19)7-5-15/h2-7,10-12,21H,8-9,13H2,1H3,(H,20,22,23). The van der Waals surface area contributed by atoms with Gasteiger partial charge in [-0.3, -0.25) is 0 Å². The first-order chi connectivity index (χ1) is 12.9. The van der Waals surface area contributed by atoms with Crippen molar-refractivity contribution in [2.75, 3.05) is 18.4 Å². The van der Waals surface area contributed by atoms with E-state index < -0.39 is 10.0 Å². The number of sulfonamides is 1. The van der Waals surface area contributed by atoms with Crippen LogP contribution in [0.4, 0.5) is 5.82 Å². The van der Waals surface area contributed by atoms with Gasteiger partial charge in [0, 0.05) is 36.6 Å². The lowest BCUT2D eigenvalue weighted by molar-refractivity contribution is 0.582. The first-order valence-corrected chi connectivity index (χ1v) is 10.4. The Labute approximate surface area is 163 Å². The minimum Gasteiger partial charge on any atom is -0.369 e. The van der Waals surface area contributed by atoms with Crippen LogP contribution < -0.4 is 10.0 Å². The van der Waals surface area contributed by atoms with Crippen LogP contribution >= 0.6 is 11.6 Å². The second kappa shape index (κ2) is 8.51. The SMILES string of the molecule is Cc1nc(NCCNS(=O)(=O)Cc2ccc(Cl)cc2)cc(-n2cccc2)n1. The Hall–Kier alpha value is -2.42. The van der Waals surface area contributed by atoms with Gasteiger partial charge in [0.2, 0.25) is 10.0 Å². The lowest BCUT2D eigenvalue weighted by atomic mass is 10.2. The van der Waals surface area contributed by atoms with Gasteiger partial charge in [-0.1, -0.05) is 23.7 Å². The lowest BCUT2D eigenvalue weighted by Gasteiger charge is -2.10. The van der Waals surface area contributed by atoms with Crippen molar-refractivity contribution in [2.24, 2.45) is 0 Å². The number of hydrogen-bond donors (Lipinski definition) is 2. The summed E-state index contributed by atoms with van der Waals surface area (Å²) in [5, 5.41) is 3.70. The Bertz CT molecular complexity index is 989. The summed E-state index contributed by atoms with van der Waals surface area (Å²) in [7, 11) is -3.42. The van der Waals surface area contributed by atoms with Gasteiger partial charge in [0.1, 0.15) is 17.5 Å². The van der Waals surface area contributed by atoms with E-state index in [9.17, 15) is 8.42 Å². The summed E-state index contributed by atoms with van der Waals surface area (Å²) < 4.78 is 28.8. The fraction of sp³-hybridized carbons (Fsp3) is 0.222. The minimum absolute atomic E-state index is 0.0887. The fourth-order valence-electron chi connectivity index (χ4n) is 2.51. The van der Waals surface area contributed by atoms with Crippen LogP contribution in [0.3, 0.4) is 0 Å². The number of halogens is 1. The van der Waals surface area contributed by atoms with Crippen LogP contribution in [-0.2, 0) is 15.8 Å². The average molecular weight is 406 g/mol. The van der Waals surface area contributed by atoms with Crippen molar-refractivity contribution in [1.82, 2.24) is 19.3 Å². The number of aryl methyl sites for hydroxylation is 1. The largest absolute Gasteiger partial charge is 0.369 e. The molecule has 0 spiro atoms. The molecule has 0 bridgehead atoms. The summed E-state index contributed by atoms with van der Waals surface area (Å²) in [5.74, 6) is 1.93. The van der Waals surface area contributed by atoms with Gasteiger partial charge >= 0.3 is 0 Å². The Kier molecular flexibility index (Phi) is 6.10. The molecular weight excluding hydrogens is 386 g/mol. The molecule has 7 nitrogen and oxygen atoms in total. The van der Waals surface area contributed by atoms with Crippen LogP contribution in [0.1, 0.15) is 11.4 Å². The van der Waals surface area contributed by atoms with Gasteiger partial charge in [-0.05, 0) is 36.8 Å². The summed E-state index contributed by atoms with van der Waals surface area (Å²) in [5.41, 5.74) is 0.683. The van der Waals surface area contributed by atoms with Gasteiger partial charge in [-0.15, -0.1) is 0 Å². The number of nitrogens with one attached hydrogen (secondary N) is 2. The number of hydrogen-bond acceptors (Lipinski definition) is 5. The van der Waals surface area contributed by atoms with E-state index in [-0.39, 0.29) is 12.3 Å². The van der Waals surface area contributed by atoms with E-state index in [1.165, 1.54) is 0 Å². The van der Waals surface area contributed by atoms with Crippen LogP contribution in [0.2, 0.25) is 5.02 Å². The molecule has 3 rings (SSSR count). The molecule has 0 fully saturated rings. The molecule has 0 amide bonds. The molecule has 1 aromatic carbocycles. The van der Waals surface area contributed by atoms with Gasteiger partial charge in [0.15, 0.2) is 0 Å². The molecule has 0 aliphatic heterocycles. The number of nitrogens with zero attached hydrogens (tertiary/aromatic N) is 3. The van der Waals surface area contributed by atoms with Gasteiger partial charge in [-0.25, -0.2) is 23.1 Å². The molecule has 0 aliphatic rings. The first-order valence-electron chi connectivity index (χ1n) is 8.36. The molecule has 9 heteroatoms. The van der Waals surface area contributed by atoms with Crippen molar-refractivity contribution in [3.8, 4) is 5.82 Å². The van der Waals surface area contributed by atoms with E-state index in [0.29, 0.717) is 28.8 Å². The molecule has 142 valence electrons. The first kappa shape index (κ1) is 19.3. The molecule has 0 saturated heterocycles. The zero-order chi connectivity index (χ0) is 19.3. The number of anilines is 1. The lowest BCUT2D eigenvalue weighted by Crippen LogP contribution is -2.30. The molecule has 2 aromatic heterocycles. The van der Waals surface area contributed by atoms with E-state index in [4.69, 9.17) is 11.6 Å². The van der Waals surface area contributed by atoms with Gasteiger partial charge < -0.3 is 9.88 Å². The fourth-order valence-corrected chi connectivity index (χ4v) is 3.78. The van der Waals surface area contributed by atoms with Crippen molar-refractivity contribution >= 4 is 27.4 Å². The van der Waals surface area contributed by atoms with Crippen LogP contribution in [0.25, 0.3) is 5.82 Å². The van der Waals surface area contributed by atoms with Crippen LogP contribution in [0.5, 0.6) is 0 Å². The van der Waals surface area contributed by atoms with E-state index in [1.54, 1.807) is 24.3 Å². The molecule has 0 aliphatic carbocycles. The normalized spacial score (nSPS) is 11.5.